The number of nitrogens with two attached hydrogens (primary N) is 1. The van der Waals surface area contributed by atoms with Gasteiger partial charge in [-0.05, 0) is 24.3 Å². The summed E-state index contributed by atoms with van der Waals surface area (Å²) in [6, 6.07) is 6.94. The van der Waals surface area contributed by atoms with Crippen molar-refractivity contribution in [1.82, 2.24) is 19.7 Å². The van der Waals surface area contributed by atoms with E-state index in [0.717, 1.165) is 0 Å². The normalized spacial score (nSPS) is 16.5. The molecular formula is C17H18N6O3. The van der Waals surface area contributed by atoms with Crippen LogP contribution in [0.3, 0.4) is 0 Å². The predicted molar refractivity (Wildman–Crippen MR) is 93.4 cm³/mol. The third-order valence-corrected chi connectivity index (χ3v) is 4.74. The van der Waals surface area contributed by atoms with Gasteiger partial charge in [0, 0.05) is 38.3 Å². The zero-order chi connectivity index (χ0) is 18.1. The largest absolute Gasteiger partial charge is 0.479 e. The van der Waals surface area contributed by atoms with Crippen LogP contribution in [0.15, 0.2) is 47.3 Å². The van der Waals surface area contributed by atoms with E-state index in [1.54, 1.807) is 42.9 Å². The van der Waals surface area contributed by atoms with Crippen LogP contribution in [0.1, 0.15) is 12.8 Å². The van der Waals surface area contributed by atoms with Gasteiger partial charge in [0.25, 0.3) is 0 Å². The predicted octanol–water partition coefficient (Wildman–Crippen LogP) is 1.60. The summed E-state index contributed by atoms with van der Waals surface area (Å²) in [7, 11) is 0. The van der Waals surface area contributed by atoms with E-state index in [1.165, 1.54) is 4.68 Å². The van der Waals surface area contributed by atoms with Crippen LogP contribution >= 0.6 is 0 Å². The van der Waals surface area contributed by atoms with Crippen molar-refractivity contribution < 1.29 is 14.3 Å². The first kappa shape index (κ1) is 16.1. The average molecular weight is 354 g/mol. The highest BCUT2D eigenvalue weighted by Gasteiger charge is 2.44. The first-order chi connectivity index (χ1) is 12.6. The van der Waals surface area contributed by atoms with Gasteiger partial charge in [0.1, 0.15) is 11.5 Å². The third-order valence-electron chi connectivity index (χ3n) is 4.74. The van der Waals surface area contributed by atoms with E-state index in [1.807, 2.05) is 4.90 Å². The third kappa shape index (κ3) is 2.67. The molecule has 3 aromatic heterocycles. The lowest BCUT2D eigenvalue weighted by Gasteiger charge is -2.38. The van der Waals surface area contributed by atoms with Crippen molar-refractivity contribution in [1.29, 1.82) is 0 Å². The van der Waals surface area contributed by atoms with Crippen LogP contribution in [0.4, 0.5) is 11.8 Å². The minimum absolute atomic E-state index is 0.375. The molecule has 0 aromatic carbocycles. The maximum atomic E-state index is 12.1. The van der Waals surface area contributed by atoms with Gasteiger partial charge in [-0.15, -0.1) is 0 Å². The smallest absolute Gasteiger partial charge is 0.331 e. The van der Waals surface area contributed by atoms with E-state index in [4.69, 9.17) is 10.2 Å². The molecular weight excluding hydrogens is 336 g/mol. The number of carboxylic acids is 1. The number of furan rings is 1. The van der Waals surface area contributed by atoms with E-state index < -0.39 is 11.5 Å². The van der Waals surface area contributed by atoms with Crippen molar-refractivity contribution in [3.8, 4) is 11.5 Å². The van der Waals surface area contributed by atoms with Gasteiger partial charge in [0.2, 0.25) is 5.95 Å². The number of carbonyl (C=O) groups is 1. The van der Waals surface area contributed by atoms with Crippen molar-refractivity contribution in [2.75, 3.05) is 23.7 Å². The average Bonchev–Trinajstić information content (AvgIpc) is 3.33. The SMILES string of the molecule is Nc1ccnc(N2CCC(C(=O)O)(n3ccc(-c4ccco4)n3)CC2)n1. The summed E-state index contributed by atoms with van der Waals surface area (Å²) < 4.78 is 6.87. The Balaban J connectivity index is 1.58. The summed E-state index contributed by atoms with van der Waals surface area (Å²) in [6.45, 7) is 0.984. The second-order valence-corrected chi connectivity index (χ2v) is 6.23. The van der Waals surface area contributed by atoms with Crippen molar-refractivity contribution in [3.05, 3.63) is 42.9 Å². The first-order valence-corrected chi connectivity index (χ1v) is 8.25. The Bertz CT molecular complexity index is 912. The Morgan fingerprint density at radius 3 is 2.73 bits per heavy atom. The number of aliphatic carboxylic acids is 1. The van der Waals surface area contributed by atoms with Crippen LogP contribution < -0.4 is 10.6 Å². The fourth-order valence-electron chi connectivity index (χ4n) is 3.25. The summed E-state index contributed by atoms with van der Waals surface area (Å²) >= 11 is 0. The molecule has 4 rings (SSSR count). The lowest BCUT2D eigenvalue weighted by atomic mass is 9.88. The summed E-state index contributed by atoms with van der Waals surface area (Å²) in [5, 5.41) is 14.4. The molecule has 1 aliphatic heterocycles. The van der Waals surface area contributed by atoms with Crippen LogP contribution in [0, 0.1) is 0 Å². The lowest BCUT2D eigenvalue weighted by molar-refractivity contribution is -0.149. The van der Waals surface area contributed by atoms with Crippen molar-refractivity contribution >= 4 is 17.7 Å². The number of rotatable bonds is 4. The monoisotopic (exact) mass is 354 g/mol. The Morgan fingerprint density at radius 2 is 2.08 bits per heavy atom. The van der Waals surface area contributed by atoms with Gasteiger partial charge in [-0.2, -0.15) is 10.1 Å². The molecule has 0 bridgehead atoms. The van der Waals surface area contributed by atoms with Crippen LogP contribution in [0.2, 0.25) is 0 Å². The van der Waals surface area contributed by atoms with E-state index in [2.05, 4.69) is 15.1 Å². The van der Waals surface area contributed by atoms with Crippen molar-refractivity contribution in [2.24, 2.45) is 0 Å². The maximum absolute atomic E-state index is 12.1. The van der Waals surface area contributed by atoms with Crippen molar-refractivity contribution in [2.45, 2.75) is 18.4 Å². The fraction of sp³-hybridized carbons (Fsp3) is 0.294. The van der Waals surface area contributed by atoms with Gasteiger partial charge < -0.3 is 20.2 Å². The molecule has 1 saturated heterocycles. The fourth-order valence-corrected chi connectivity index (χ4v) is 3.25. The molecule has 26 heavy (non-hydrogen) atoms. The Labute approximate surface area is 149 Å². The molecule has 9 nitrogen and oxygen atoms in total. The van der Waals surface area contributed by atoms with Crippen LogP contribution in [-0.2, 0) is 10.3 Å². The summed E-state index contributed by atoms with van der Waals surface area (Å²) in [4.78, 5) is 22.5. The molecule has 0 aliphatic carbocycles. The second-order valence-electron chi connectivity index (χ2n) is 6.23. The van der Waals surface area contributed by atoms with Gasteiger partial charge in [-0.1, -0.05) is 0 Å². The number of hydrogen-bond donors (Lipinski definition) is 2. The van der Waals surface area contributed by atoms with Gasteiger partial charge in [0.15, 0.2) is 11.3 Å². The lowest BCUT2D eigenvalue weighted by Crippen LogP contribution is -2.51. The molecule has 0 unspecified atom stereocenters. The molecule has 9 heteroatoms. The van der Waals surface area contributed by atoms with Gasteiger partial charge in [-0.25, -0.2) is 9.78 Å². The van der Waals surface area contributed by atoms with E-state index in [9.17, 15) is 9.90 Å². The zero-order valence-corrected chi connectivity index (χ0v) is 13.9. The molecule has 0 amide bonds. The Kier molecular flexibility index (Phi) is 3.83. The minimum atomic E-state index is -1.11. The molecule has 1 aliphatic rings. The van der Waals surface area contributed by atoms with Crippen LogP contribution in [-0.4, -0.2) is 43.9 Å². The highest BCUT2D eigenvalue weighted by Crippen LogP contribution is 2.32. The highest BCUT2D eigenvalue weighted by molar-refractivity contribution is 5.77. The molecule has 0 atom stereocenters. The second kappa shape index (κ2) is 6.17. The minimum Gasteiger partial charge on any atom is -0.479 e. The maximum Gasteiger partial charge on any atom is 0.331 e. The molecule has 134 valence electrons. The number of nitrogen functional groups attached to an aromatic ring is 1. The molecule has 3 N–H and O–H groups in total. The van der Waals surface area contributed by atoms with Crippen LogP contribution in [0.5, 0.6) is 0 Å². The molecule has 0 spiro atoms. The van der Waals surface area contributed by atoms with Gasteiger partial charge in [-0.3, -0.25) is 4.68 Å². The van der Waals surface area contributed by atoms with E-state index in [-0.39, 0.29) is 0 Å². The number of hydrogen-bond acceptors (Lipinski definition) is 7. The number of piperidine rings is 1. The molecule has 0 radical (unpaired) electrons. The summed E-state index contributed by atoms with van der Waals surface area (Å²) in [6.07, 6.45) is 5.60. The topological polar surface area (TPSA) is 123 Å². The Hall–Kier alpha value is -3.36. The molecule has 4 heterocycles. The van der Waals surface area contributed by atoms with E-state index >= 15 is 0 Å². The van der Waals surface area contributed by atoms with Gasteiger partial charge in [0.05, 0.1) is 6.26 Å². The number of anilines is 2. The Morgan fingerprint density at radius 1 is 1.27 bits per heavy atom. The number of carboxylic acid groups (broad SMARTS) is 1. The van der Waals surface area contributed by atoms with Crippen LogP contribution in [0.25, 0.3) is 11.5 Å². The number of nitrogens with zero attached hydrogens (tertiary/aromatic N) is 5. The van der Waals surface area contributed by atoms with Gasteiger partial charge >= 0.3 is 5.97 Å². The highest BCUT2D eigenvalue weighted by atomic mass is 16.4. The molecule has 1 fully saturated rings. The first-order valence-electron chi connectivity index (χ1n) is 8.25. The standard InChI is InChI=1S/C17H18N6O3/c18-14-3-7-19-16(20-14)22-9-5-17(6-10-22,15(24)25)23-8-4-12(21-23)13-2-1-11-26-13/h1-4,7-8,11H,5-6,9-10H2,(H,24,25)(H2,18,19,20). The zero-order valence-electron chi connectivity index (χ0n) is 13.9. The summed E-state index contributed by atoms with van der Waals surface area (Å²) in [5.74, 6) is 0.607. The quantitative estimate of drug-likeness (QED) is 0.724. The van der Waals surface area contributed by atoms with Crippen molar-refractivity contribution in [3.63, 3.8) is 0 Å². The summed E-state index contributed by atoms with van der Waals surface area (Å²) in [5.41, 5.74) is 5.21. The molecule has 3 aromatic rings. The molecule has 0 saturated carbocycles. The van der Waals surface area contributed by atoms with E-state index in [0.29, 0.717) is 49.2 Å². The number of aromatic nitrogens is 4.